The van der Waals surface area contributed by atoms with Crippen LogP contribution in [0.5, 0.6) is 0 Å². The molecule has 0 aliphatic rings. The molecule has 0 aromatic carbocycles. The van der Waals surface area contributed by atoms with Crippen molar-refractivity contribution in [3.05, 3.63) is 134 Å². The minimum Gasteiger partial charge on any atom is -0.462 e. The number of carbonyl (C=O) groups is 3. The summed E-state index contributed by atoms with van der Waals surface area (Å²) in [5.74, 6) is -1.000. The molecule has 0 N–H and O–H groups in total. The monoisotopic (exact) mass is 1120 g/mol. The number of hydrogen-bond donors (Lipinski definition) is 0. The Morgan fingerprint density at radius 2 is 0.506 bits per heavy atom. The average molecular weight is 1120 g/mol. The Kier molecular flexibility index (Phi) is 64.3. The molecule has 0 amide bonds. The fraction of sp³-hybridized carbons (Fsp3) is 0.667. The molecule has 6 nitrogen and oxygen atoms in total. The van der Waals surface area contributed by atoms with Crippen molar-refractivity contribution in [1.29, 1.82) is 0 Å². The van der Waals surface area contributed by atoms with E-state index in [1.807, 2.05) is 6.08 Å². The van der Waals surface area contributed by atoms with Gasteiger partial charge in [0.15, 0.2) is 6.10 Å². The number of esters is 3. The quantitative estimate of drug-likeness (QED) is 0.0261. The third kappa shape index (κ3) is 66.2. The second-order valence-electron chi connectivity index (χ2n) is 22.0. The summed E-state index contributed by atoms with van der Waals surface area (Å²) in [5, 5.41) is 0. The Bertz CT molecular complexity index is 1720. The Labute approximate surface area is 500 Å². The van der Waals surface area contributed by atoms with E-state index in [4.69, 9.17) is 14.2 Å². The molecule has 0 aromatic heterocycles. The van der Waals surface area contributed by atoms with Crippen molar-refractivity contribution in [2.24, 2.45) is 0 Å². The molecule has 81 heavy (non-hydrogen) atoms. The molecule has 0 bridgehead atoms. The molecule has 1 unspecified atom stereocenters. The third-order valence-electron chi connectivity index (χ3n) is 14.1. The minimum atomic E-state index is -0.816. The van der Waals surface area contributed by atoms with E-state index < -0.39 is 6.10 Å². The van der Waals surface area contributed by atoms with E-state index in [0.717, 1.165) is 122 Å². The lowest BCUT2D eigenvalue weighted by Gasteiger charge is -2.18. The van der Waals surface area contributed by atoms with Gasteiger partial charge in [-0.3, -0.25) is 14.4 Å². The Morgan fingerprint density at radius 1 is 0.259 bits per heavy atom. The van der Waals surface area contributed by atoms with Crippen molar-refractivity contribution < 1.29 is 28.6 Å². The lowest BCUT2D eigenvalue weighted by molar-refractivity contribution is -0.166. The molecule has 0 saturated heterocycles. The van der Waals surface area contributed by atoms with Gasteiger partial charge < -0.3 is 14.2 Å². The number of hydrogen-bond acceptors (Lipinski definition) is 6. The number of unbranched alkanes of at least 4 members (excludes halogenated alkanes) is 27. The standard InChI is InChI=1S/C75H124O6/c1-4-7-10-13-16-19-22-25-27-28-29-30-31-32-33-34-35-36-37-38-39-40-41-42-43-44-45-46-48-50-53-56-59-62-65-68-74(77)80-71-72(70-79-73(76)67-64-61-58-55-52-49-24-21-18-15-12-9-6-3)81-75(78)69-66-63-60-57-54-51-47-26-23-20-17-14-11-8-5-2/h7,9-10,12,16-21,25-27,29-30,32-33,47,49,52,58,61,72H,4-6,8,11,13-15,22-24,28,31,34-46,48,50-51,53-57,59-60,62-71H2,1-3H3/b10-7-,12-9-,19-16-,20-17-,21-18-,27-25-,30-29-,33-32-,47-26-,52-49-,61-58-. The van der Waals surface area contributed by atoms with E-state index in [2.05, 4.69) is 148 Å². The van der Waals surface area contributed by atoms with E-state index in [0.29, 0.717) is 19.3 Å². The van der Waals surface area contributed by atoms with E-state index in [-0.39, 0.29) is 37.5 Å². The minimum absolute atomic E-state index is 0.106. The summed E-state index contributed by atoms with van der Waals surface area (Å²) < 4.78 is 16.8. The SMILES string of the molecule is CC/C=C\C/C=C\C/C=C\C/C=C\C/C=C\CCCCCCCCCCCCCCCCCCCCCC(=O)OCC(COC(=O)CC/C=C\C/C=C\C/C=C\C/C=C\CC)OC(=O)CCCCCCC/C=C\C/C=C\CCCCC. The van der Waals surface area contributed by atoms with Gasteiger partial charge in [-0.05, 0) is 122 Å². The van der Waals surface area contributed by atoms with Gasteiger partial charge in [-0.25, -0.2) is 0 Å². The first-order valence-corrected chi connectivity index (χ1v) is 33.7. The van der Waals surface area contributed by atoms with E-state index >= 15 is 0 Å². The molecule has 0 radical (unpaired) electrons. The van der Waals surface area contributed by atoms with Crippen LogP contribution in [0, 0.1) is 0 Å². The zero-order chi connectivity index (χ0) is 58.5. The molecule has 6 heteroatoms. The van der Waals surface area contributed by atoms with Gasteiger partial charge in [-0.2, -0.15) is 0 Å². The van der Waals surface area contributed by atoms with Gasteiger partial charge in [0, 0.05) is 19.3 Å². The van der Waals surface area contributed by atoms with E-state index in [1.165, 1.54) is 135 Å². The maximum atomic E-state index is 12.9. The summed E-state index contributed by atoms with van der Waals surface area (Å²) in [6.07, 6.45) is 96.5. The van der Waals surface area contributed by atoms with Crippen molar-refractivity contribution >= 4 is 17.9 Å². The second kappa shape index (κ2) is 68.1. The van der Waals surface area contributed by atoms with E-state index in [1.54, 1.807) is 0 Å². The van der Waals surface area contributed by atoms with E-state index in [9.17, 15) is 14.4 Å². The Hall–Kier alpha value is -4.45. The zero-order valence-corrected chi connectivity index (χ0v) is 52.8. The number of rotatable bonds is 60. The first-order valence-electron chi connectivity index (χ1n) is 33.7. The van der Waals surface area contributed by atoms with Crippen molar-refractivity contribution in [3.8, 4) is 0 Å². The van der Waals surface area contributed by atoms with Crippen LogP contribution in [0.1, 0.15) is 303 Å². The fourth-order valence-corrected chi connectivity index (χ4v) is 9.16. The molecule has 0 saturated carbocycles. The van der Waals surface area contributed by atoms with Crippen LogP contribution in [0.25, 0.3) is 0 Å². The maximum absolute atomic E-state index is 12.9. The van der Waals surface area contributed by atoms with Crippen LogP contribution < -0.4 is 0 Å². The van der Waals surface area contributed by atoms with Crippen molar-refractivity contribution in [2.75, 3.05) is 13.2 Å². The molecule has 0 heterocycles. The number of allylic oxidation sites excluding steroid dienone is 22. The maximum Gasteiger partial charge on any atom is 0.306 e. The van der Waals surface area contributed by atoms with Gasteiger partial charge in [0.05, 0.1) is 0 Å². The molecule has 0 aliphatic carbocycles. The summed E-state index contributed by atoms with van der Waals surface area (Å²) >= 11 is 0. The van der Waals surface area contributed by atoms with Crippen LogP contribution in [-0.2, 0) is 28.6 Å². The Balaban J connectivity index is 4.17. The average Bonchev–Trinajstić information content (AvgIpc) is 3.46. The molecule has 0 rings (SSSR count). The normalized spacial score (nSPS) is 13.0. The van der Waals surface area contributed by atoms with Gasteiger partial charge >= 0.3 is 17.9 Å². The first-order chi connectivity index (χ1) is 40.0. The summed E-state index contributed by atoms with van der Waals surface area (Å²) in [6.45, 7) is 6.32. The van der Waals surface area contributed by atoms with Crippen LogP contribution in [0.4, 0.5) is 0 Å². The van der Waals surface area contributed by atoms with Crippen molar-refractivity contribution in [1.82, 2.24) is 0 Å². The van der Waals surface area contributed by atoms with Crippen LogP contribution >= 0.6 is 0 Å². The van der Waals surface area contributed by atoms with Gasteiger partial charge in [0.1, 0.15) is 13.2 Å². The summed E-state index contributed by atoms with van der Waals surface area (Å²) in [4.78, 5) is 38.2. The molecule has 0 aromatic rings. The lowest BCUT2D eigenvalue weighted by atomic mass is 10.0. The largest absolute Gasteiger partial charge is 0.462 e. The van der Waals surface area contributed by atoms with Gasteiger partial charge in [-0.15, -0.1) is 0 Å². The highest BCUT2D eigenvalue weighted by molar-refractivity contribution is 5.71. The van der Waals surface area contributed by atoms with Gasteiger partial charge in [0.2, 0.25) is 0 Å². The van der Waals surface area contributed by atoms with Crippen LogP contribution in [0.3, 0.4) is 0 Å². The summed E-state index contributed by atoms with van der Waals surface area (Å²) in [5.41, 5.74) is 0. The van der Waals surface area contributed by atoms with Gasteiger partial charge in [0.25, 0.3) is 0 Å². The zero-order valence-electron chi connectivity index (χ0n) is 52.8. The fourth-order valence-electron chi connectivity index (χ4n) is 9.16. The highest BCUT2D eigenvalue weighted by Crippen LogP contribution is 2.17. The topological polar surface area (TPSA) is 78.9 Å². The number of ether oxygens (including phenoxy) is 3. The molecular formula is C75H124O6. The van der Waals surface area contributed by atoms with Crippen LogP contribution in [-0.4, -0.2) is 37.2 Å². The highest BCUT2D eigenvalue weighted by atomic mass is 16.6. The molecule has 0 spiro atoms. The lowest BCUT2D eigenvalue weighted by Crippen LogP contribution is -2.30. The predicted octanol–water partition coefficient (Wildman–Crippen LogP) is 23.3. The van der Waals surface area contributed by atoms with Crippen LogP contribution in [0.15, 0.2) is 134 Å². The molecule has 0 aliphatic heterocycles. The molecule has 0 fully saturated rings. The molecule has 1 atom stereocenters. The second-order valence-corrected chi connectivity index (χ2v) is 22.0. The third-order valence-corrected chi connectivity index (χ3v) is 14.1. The highest BCUT2D eigenvalue weighted by Gasteiger charge is 2.19. The summed E-state index contributed by atoms with van der Waals surface area (Å²) in [7, 11) is 0. The van der Waals surface area contributed by atoms with Gasteiger partial charge in [-0.1, -0.05) is 296 Å². The molecular weight excluding hydrogens is 997 g/mol. The van der Waals surface area contributed by atoms with Crippen molar-refractivity contribution in [3.63, 3.8) is 0 Å². The first kappa shape index (κ1) is 76.5. The number of carbonyl (C=O) groups excluding carboxylic acids is 3. The predicted molar refractivity (Wildman–Crippen MR) is 353 cm³/mol. The summed E-state index contributed by atoms with van der Waals surface area (Å²) in [6, 6.07) is 0. The van der Waals surface area contributed by atoms with Crippen LogP contribution in [0.2, 0.25) is 0 Å². The molecule has 460 valence electrons. The Morgan fingerprint density at radius 3 is 0.827 bits per heavy atom. The van der Waals surface area contributed by atoms with Crippen molar-refractivity contribution in [2.45, 2.75) is 309 Å². The smallest absolute Gasteiger partial charge is 0.306 e.